The molecule has 2 saturated heterocycles. The van der Waals surface area contributed by atoms with Crippen LogP contribution in [0.4, 0.5) is 0 Å². The van der Waals surface area contributed by atoms with Crippen molar-refractivity contribution in [2.45, 2.75) is 51.5 Å². The molecule has 8 rings (SSSR count). The number of carbonyl (C=O) groups is 1. The van der Waals surface area contributed by atoms with Gasteiger partial charge in [-0.05, 0) is 90.4 Å². The van der Waals surface area contributed by atoms with E-state index in [2.05, 4.69) is 81.3 Å². The Morgan fingerprint density at radius 3 is 2.56 bits per heavy atom. The third kappa shape index (κ3) is 6.39. The summed E-state index contributed by atoms with van der Waals surface area (Å²) in [4.78, 5) is 23.9. The molecule has 52 heavy (non-hydrogen) atoms. The van der Waals surface area contributed by atoms with Gasteiger partial charge in [0.1, 0.15) is 17.2 Å². The van der Waals surface area contributed by atoms with Gasteiger partial charge in [-0.15, -0.1) is 0 Å². The number of rotatable bonds is 10. The summed E-state index contributed by atoms with van der Waals surface area (Å²) in [6.07, 6.45) is 1.77. The zero-order valence-corrected chi connectivity index (χ0v) is 29.9. The molecule has 11 heteroatoms. The number of β-amino-alcohol motifs (C(OH)–C–C–N with tert-alkyl or cyclic N) is 1. The van der Waals surface area contributed by atoms with Gasteiger partial charge in [0.2, 0.25) is 11.8 Å². The molecule has 5 aromatic rings. The van der Waals surface area contributed by atoms with Crippen molar-refractivity contribution >= 4 is 28.5 Å². The number of fused-ring (bicyclic) bond motifs is 2. The molecule has 10 nitrogen and oxygen atoms in total. The molecule has 0 spiro atoms. The van der Waals surface area contributed by atoms with Crippen molar-refractivity contribution in [3.05, 3.63) is 99.1 Å². The van der Waals surface area contributed by atoms with Crippen LogP contribution in [-0.4, -0.2) is 75.3 Å². The number of aliphatic carboxylic acids is 1. The first-order chi connectivity index (χ1) is 25.2. The molecular formula is C41H40ClN5O5. The van der Waals surface area contributed by atoms with Crippen LogP contribution in [0.25, 0.3) is 33.3 Å². The van der Waals surface area contributed by atoms with Crippen LogP contribution < -0.4 is 9.47 Å². The van der Waals surface area contributed by atoms with Gasteiger partial charge in [0.05, 0.1) is 30.2 Å². The Morgan fingerprint density at radius 2 is 1.81 bits per heavy atom. The second kappa shape index (κ2) is 13.9. The van der Waals surface area contributed by atoms with E-state index >= 15 is 0 Å². The van der Waals surface area contributed by atoms with Crippen LogP contribution >= 0.6 is 11.6 Å². The van der Waals surface area contributed by atoms with Gasteiger partial charge >= 0.3 is 5.97 Å². The normalized spacial score (nSPS) is 19.1. The number of nitrogens with zero attached hydrogens (tertiary/aromatic N) is 4. The van der Waals surface area contributed by atoms with E-state index in [0.29, 0.717) is 61.5 Å². The van der Waals surface area contributed by atoms with E-state index in [1.807, 2.05) is 12.1 Å². The number of nitriles is 1. The number of aromatic nitrogens is 2. The molecule has 2 aromatic heterocycles. The number of benzene rings is 3. The van der Waals surface area contributed by atoms with E-state index in [4.69, 9.17) is 21.1 Å². The highest BCUT2D eigenvalue weighted by Gasteiger charge is 2.31. The van der Waals surface area contributed by atoms with Gasteiger partial charge in [0, 0.05) is 54.9 Å². The molecule has 3 N–H and O–H groups in total. The lowest BCUT2D eigenvalue weighted by molar-refractivity contribution is -0.141. The van der Waals surface area contributed by atoms with Crippen molar-refractivity contribution in [2.75, 3.05) is 33.3 Å². The van der Waals surface area contributed by atoms with E-state index in [1.165, 1.54) is 5.56 Å². The van der Waals surface area contributed by atoms with Crippen LogP contribution in [0.2, 0.25) is 5.02 Å². The molecule has 4 heterocycles. The summed E-state index contributed by atoms with van der Waals surface area (Å²) >= 11 is 6.72. The first-order valence-electron chi connectivity index (χ1n) is 17.7. The van der Waals surface area contributed by atoms with Gasteiger partial charge in [-0.25, -0.2) is 0 Å². The Balaban J connectivity index is 1.06. The molecule has 2 fully saturated rings. The summed E-state index contributed by atoms with van der Waals surface area (Å²) in [5.41, 5.74) is 11.0. The molecule has 0 bridgehead atoms. The van der Waals surface area contributed by atoms with Gasteiger partial charge < -0.3 is 24.7 Å². The minimum atomic E-state index is -0.747. The van der Waals surface area contributed by atoms with Crippen LogP contribution in [0.1, 0.15) is 52.3 Å². The number of aromatic amines is 1. The van der Waals surface area contributed by atoms with E-state index in [1.54, 1.807) is 7.11 Å². The van der Waals surface area contributed by atoms with Crippen LogP contribution in [0.3, 0.4) is 0 Å². The van der Waals surface area contributed by atoms with Crippen LogP contribution in [-0.2, 0) is 24.3 Å². The van der Waals surface area contributed by atoms with Crippen molar-refractivity contribution in [2.24, 2.45) is 5.92 Å². The lowest BCUT2D eigenvalue weighted by Crippen LogP contribution is -2.49. The zero-order valence-electron chi connectivity index (χ0n) is 29.2. The number of carboxylic acids is 1. The maximum atomic E-state index is 11.5. The average molecular weight is 718 g/mol. The quantitative estimate of drug-likeness (QED) is 0.141. The number of nitrogens with one attached hydrogen (secondary N) is 1. The lowest BCUT2D eigenvalue weighted by Gasteiger charge is -2.35. The van der Waals surface area contributed by atoms with Gasteiger partial charge in [0.25, 0.3) is 0 Å². The second-order valence-electron chi connectivity index (χ2n) is 14.2. The van der Waals surface area contributed by atoms with Crippen molar-refractivity contribution in [3.8, 4) is 40.2 Å². The number of halogens is 1. The third-order valence-electron chi connectivity index (χ3n) is 10.8. The predicted molar refractivity (Wildman–Crippen MR) is 198 cm³/mol. The van der Waals surface area contributed by atoms with Crippen molar-refractivity contribution in [1.82, 2.24) is 19.8 Å². The molecule has 2 atom stereocenters. The van der Waals surface area contributed by atoms with Gasteiger partial charge in [-0.1, -0.05) is 48.0 Å². The standard InChI is InChI=1S/C41H40ClN5O5/c1-23-30(5-3-6-31(23)36-16-26-13-24(14-27(17-43)38(26)44-36)18-46-12-11-25(19-46)41(49)50)32-7-4-8-34-33(32)9-10-37(34)52-40-35(42)15-28(39(45-40)51-2)20-47-21-29(48)22-47/h3-8,13-16,25,29,37,44,48H,9-12,18-22H2,1-2H3,(H,49,50)/t25-,37-/m0/s1. The zero-order chi connectivity index (χ0) is 36.1. The Labute approximate surface area is 307 Å². The summed E-state index contributed by atoms with van der Waals surface area (Å²) in [5.74, 6) is -0.276. The largest absolute Gasteiger partial charge is 0.481 e. The number of hydrogen-bond donors (Lipinski definition) is 3. The number of pyridine rings is 1. The van der Waals surface area contributed by atoms with Crippen LogP contribution in [0, 0.1) is 24.2 Å². The predicted octanol–water partition coefficient (Wildman–Crippen LogP) is 6.89. The maximum Gasteiger partial charge on any atom is 0.307 e. The first-order valence-corrected chi connectivity index (χ1v) is 18.1. The number of carboxylic acid groups (broad SMARTS) is 1. The fourth-order valence-corrected chi connectivity index (χ4v) is 8.41. The molecule has 3 aromatic carbocycles. The van der Waals surface area contributed by atoms with Crippen LogP contribution in [0.15, 0.2) is 60.7 Å². The maximum absolute atomic E-state index is 11.5. The van der Waals surface area contributed by atoms with Crippen molar-refractivity contribution < 1.29 is 24.5 Å². The Kier molecular flexibility index (Phi) is 9.14. The van der Waals surface area contributed by atoms with E-state index < -0.39 is 5.97 Å². The summed E-state index contributed by atoms with van der Waals surface area (Å²) in [7, 11) is 1.59. The highest BCUT2D eigenvalue weighted by atomic mass is 35.5. The average Bonchev–Trinajstić information content (AvgIpc) is 3.87. The second-order valence-corrected chi connectivity index (χ2v) is 14.7. The number of aliphatic hydroxyl groups is 1. The third-order valence-corrected chi connectivity index (χ3v) is 11.1. The number of ether oxygens (including phenoxy) is 2. The number of H-pyrrole nitrogens is 1. The molecule has 0 unspecified atom stereocenters. The summed E-state index contributed by atoms with van der Waals surface area (Å²) in [6, 6.07) is 23.1. The first kappa shape index (κ1) is 34.2. The van der Waals surface area contributed by atoms with E-state index in [9.17, 15) is 20.3 Å². The topological polar surface area (TPSA) is 135 Å². The summed E-state index contributed by atoms with van der Waals surface area (Å²) in [6.45, 7) is 5.83. The Hall–Kier alpha value is -4.92. The number of aliphatic hydroxyl groups excluding tert-OH is 1. The Bertz CT molecular complexity index is 2240. The molecule has 2 aliphatic heterocycles. The highest BCUT2D eigenvalue weighted by molar-refractivity contribution is 6.31. The molecular weight excluding hydrogens is 678 g/mol. The van der Waals surface area contributed by atoms with E-state index in [-0.39, 0.29) is 18.1 Å². The minimum Gasteiger partial charge on any atom is -0.481 e. The number of hydrogen-bond acceptors (Lipinski definition) is 8. The SMILES string of the molecule is COc1nc(O[C@H]2CCc3c(-c4cccc(-c5cc6cc(CN7CC[C@H](C(=O)O)C7)cc(C#N)c6[nH]5)c4C)cccc32)c(Cl)cc1CN1CC(O)C1. The lowest BCUT2D eigenvalue weighted by atomic mass is 9.91. The molecule has 3 aliphatic rings. The molecule has 266 valence electrons. The fraction of sp³-hybridized carbons (Fsp3) is 0.341. The molecule has 0 amide bonds. The van der Waals surface area contributed by atoms with Crippen molar-refractivity contribution in [1.29, 1.82) is 5.26 Å². The molecule has 1 aliphatic carbocycles. The van der Waals surface area contributed by atoms with Gasteiger partial charge in [-0.2, -0.15) is 10.2 Å². The van der Waals surface area contributed by atoms with Gasteiger partial charge in [-0.3, -0.25) is 14.6 Å². The molecule has 0 saturated carbocycles. The Morgan fingerprint density at radius 1 is 1.02 bits per heavy atom. The summed E-state index contributed by atoms with van der Waals surface area (Å²) < 4.78 is 12.1. The number of likely N-dealkylation sites (tertiary alicyclic amines) is 2. The monoisotopic (exact) mass is 717 g/mol. The summed E-state index contributed by atoms with van der Waals surface area (Å²) in [5, 5.41) is 30.6. The van der Waals surface area contributed by atoms with Crippen LogP contribution in [0.5, 0.6) is 11.8 Å². The van der Waals surface area contributed by atoms with Crippen molar-refractivity contribution in [3.63, 3.8) is 0 Å². The minimum absolute atomic E-state index is 0.215. The fourth-order valence-electron chi connectivity index (χ4n) is 8.19. The molecule has 0 radical (unpaired) electrons. The smallest absolute Gasteiger partial charge is 0.307 e. The van der Waals surface area contributed by atoms with Gasteiger partial charge in [0.15, 0.2) is 0 Å². The highest BCUT2D eigenvalue weighted by Crippen LogP contribution is 2.43. The van der Waals surface area contributed by atoms with E-state index in [0.717, 1.165) is 74.9 Å². The number of methoxy groups -OCH3 is 1.